The van der Waals surface area contributed by atoms with Gasteiger partial charge >= 0.3 is 6.01 Å². The standard InChI is InChI=1S/C25H21N3O3/c1-18-17-21(31-25-26-15-8-16-27-25)13-14-22(18)28-24(29)23(19-9-4-2-5-10-19)30-20-11-6-3-7-12-20/h2-17,23H,1H3,(H,28,29). The number of aromatic nitrogens is 2. The van der Waals surface area contributed by atoms with Crippen LogP contribution in [0.5, 0.6) is 17.5 Å². The number of aryl methyl sites for hydroxylation is 1. The lowest BCUT2D eigenvalue weighted by Crippen LogP contribution is -2.26. The van der Waals surface area contributed by atoms with Crippen molar-refractivity contribution in [3.05, 3.63) is 108 Å². The lowest BCUT2D eigenvalue weighted by molar-refractivity contribution is -0.123. The van der Waals surface area contributed by atoms with Gasteiger partial charge in [0.1, 0.15) is 11.5 Å². The molecule has 0 fully saturated rings. The summed E-state index contributed by atoms with van der Waals surface area (Å²) >= 11 is 0. The second-order valence-corrected chi connectivity index (χ2v) is 6.82. The number of amides is 1. The topological polar surface area (TPSA) is 73.3 Å². The van der Waals surface area contributed by atoms with Crippen molar-refractivity contribution in [3.63, 3.8) is 0 Å². The summed E-state index contributed by atoms with van der Waals surface area (Å²) in [4.78, 5) is 21.3. The number of hydrogen-bond donors (Lipinski definition) is 1. The van der Waals surface area contributed by atoms with Crippen LogP contribution >= 0.6 is 0 Å². The molecule has 0 spiro atoms. The average Bonchev–Trinajstić information content (AvgIpc) is 2.81. The van der Waals surface area contributed by atoms with Crippen molar-refractivity contribution in [2.24, 2.45) is 0 Å². The monoisotopic (exact) mass is 411 g/mol. The van der Waals surface area contributed by atoms with Crippen molar-refractivity contribution in [1.82, 2.24) is 9.97 Å². The number of hydrogen-bond acceptors (Lipinski definition) is 5. The maximum absolute atomic E-state index is 13.2. The molecule has 1 atom stereocenters. The molecule has 4 aromatic rings. The summed E-state index contributed by atoms with van der Waals surface area (Å²) in [5.74, 6) is 0.940. The Labute approximate surface area is 180 Å². The van der Waals surface area contributed by atoms with Gasteiger partial charge in [-0.3, -0.25) is 4.79 Å². The van der Waals surface area contributed by atoms with Crippen LogP contribution in [-0.4, -0.2) is 15.9 Å². The van der Waals surface area contributed by atoms with E-state index in [1.807, 2.05) is 73.7 Å². The largest absolute Gasteiger partial charge is 0.476 e. The highest BCUT2D eigenvalue weighted by atomic mass is 16.5. The van der Waals surface area contributed by atoms with Gasteiger partial charge in [0.25, 0.3) is 5.91 Å². The molecule has 0 aliphatic heterocycles. The second-order valence-electron chi connectivity index (χ2n) is 6.82. The van der Waals surface area contributed by atoms with E-state index in [4.69, 9.17) is 9.47 Å². The fourth-order valence-corrected chi connectivity index (χ4v) is 3.02. The maximum Gasteiger partial charge on any atom is 0.321 e. The average molecular weight is 411 g/mol. The van der Waals surface area contributed by atoms with Gasteiger partial charge in [-0.25, -0.2) is 9.97 Å². The summed E-state index contributed by atoms with van der Waals surface area (Å²) in [6, 6.07) is 26.1. The van der Waals surface area contributed by atoms with Gasteiger partial charge in [-0.15, -0.1) is 0 Å². The molecular formula is C25H21N3O3. The third kappa shape index (κ3) is 5.25. The molecule has 154 valence electrons. The number of carbonyl (C=O) groups is 1. The van der Waals surface area contributed by atoms with Crippen molar-refractivity contribution in [2.45, 2.75) is 13.0 Å². The number of ether oxygens (including phenoxy) is 2. The Bertz CT molecular complexity index is 1140. The van der Waals surface area contributed by atoms with Crippen LogP contribution in [0.1, 0.15) is 17.2 Å². The molecule has 1 N–H and O–H groups in total. The predicted octanol–water partition coefficient (Wildman–Crippen LogP) is 5.34. The minimum Gasteiger partial charge on any atom is -0.476 e. The first-order chi connectivity index (χ1) is 15.2. The van der Waals surface area contributed by atoms with Gasteiger partial charge in [-0.05, 0) is 48.9 Å². The van der Waals surface area contributed by atoms with Gasteiger partial charge in [-0.2, -0.15) is 0 Å². The molecule has 6 heteroatoms. The molecule has 1 heterocycles. The Kier molecular flexibility index (Phi) is 6.18. The minimum atomic E-state index is -0.795. The van der Waals surface area contributed by atoms with E-state index in [2.05, 4.69) is 15.3 Å². The third-order valence-corrected chi connectivity index (χ3v) is 4.54. The number of para-hydroxylation sites is 1. The number of rotatable bonds is 7. The predicted molar refractivity (Wildman–Crippen MR) is 118 cm³/mol. The zero-order valence-corrected chi connectivity index (χ0v) is 16.9. The Morgan fingerprint density at radius 3 is 2.19 bits per heavy atom. The molecule has 0 radical (unpaired) electrons. The highest BCUT2D eigenvalue weighted by molar-refractivity contribution is 5.95. The van der Waals surface area contributed by atoms with E-state index >= 15 is 0 Å². The lowest BCUT2D eigenvalue weighted by atomic mass is 10.1. The molecule has 3 aromatic carbocycles. The first kappa shape index (κ1) is 20.1. The Balaban J connectivity index is 1.52. The molecule has 1 aromatic heterocycles. The van der Waals surface area contributed by atoms with Crippen LogP contribution in [0.2, 0.25) is 0 Å². The van der Waals surface area contributed by atoms with E-state index in [9.17, 15) is 4.79 Å². The smallest absolute Gasteiger partial charge is 0.321 e. The molecular weight excluding hydrogens is 390 g/mol. The molecule has 0 saturated carbocycles. The molecule has 0 saturated heterocycles. The normalized spacial score (nSPS) is 11.4. The van der Waals surface area contributed by atoms with Crippen molar-refractivity contribution >= 4 is 11.6 Å². The van der Waals surface area contributed by atoms with Gasteiger partial charge < -0.3 is 14.8 Å². The van der Waals surface area contributed by atoms with Crippen molar-refractivity contribution in [2.75, 3.05) is 5.32 Å². The van der Waals surface area contributed by atoms with Crippen LogP contribution in [0.3, 0.4) is 0 Å². The number of benzene rings is 3. The molecule has 0 aliphatic carbocycles. The number of nitrogens with one attached hydrogen (secondary N) is 1. The molecule has 31 heavy (non-hydrogen) atoms. The van der Waals surface area contributed by atoms with Gasteiger partial charge in [-0.1, -0.05) is 48.5 Å². The molecule has 0 bridgehead atoms. The maximum atomic E-state index is 13.2. The summed E-state index contributed by atoms with van der Waals surface area (Å²) in [6.07, 6.45) is 2.43. The highest BCUT2D eigenvalue weighted by Gasteiger charge is 2.23. The van der Waals surface area contributed by atoms with Gasteiger partial charge in [0.15, 0.2) is 0 Å². The van der Waals surface area contributed by atoms with Crippen LogP contribution in [0, 0.1) is 6.92 Å². The van der Waals surface area contributed by atoms with Crippen LogP contribution in [0.4, 0.5) is 5.69 Å². The highest BCUT2D eigenvalue weighted by Crippen LogP contribution is 2.27. The van der Waals surface area contributed by atoms with E-state index < -0.39 is 6.10 Å². The third-order valence-electron chi connectivity index (χ3n) is 4.54. The fourth-order valence-electron chi connectivity index (χ4n) is 3.02. The summed E-state index contributed by atoms with van der Waals surface area (Å²) in [7, 11) is 0. The second kappa shape index (κ2) is 9.54. The summed E-state index contributed by atoms with van der Waals surface area (Å²) in [5, 5.41) is 2.97. The first-order valence-electron chi connectivity index (χ1n) is 9.82. The zero-order valence-electron chi connectivity index (χ0n) is 16.9. The first-order valence-corrected chi connectivity index (χ1v) is 9.82. The Morgan fingerprint density at radius 1 is 0.839 bits per heavy atom. The van der Waals surface area contributed by atoms with Crippen LogP contribution in [0.25, 0.3) is 0 Å². The van der Waals surface area contributed by atoms with Crippen LogP contribution < -0.4 is 14.8 Å². The minimum absolute atomic E-state index is 0.263. The molecule has 6 nitrogen and oxygen atoms in total. The molecule has 1 unspecified atom stereocenters. The van der Waals surface area contributed by atoms with Gasteiger partial charge in [0, 0.05) is 23.6 Å². The van der Waals surface area contributed by atoms with Gasteiger partial charge in [0.05, 0.1) is 0 Å². The van der Waals surface area contributed by atoms with Crippen LogP contribution in [-0.2, 0) is 4.79 Å². The quantitative estimate of drug-likeness (QED) is 0.445. The van der Waals surface area contributed by atoms with Crippen LogP contribution in [0.15, 0.2) is 97.3 Å². The fraction of sp³-hybridized carbons (Fsp3) is 0.0800. The summed E-state index contributed by atoms with van der Waals surface area (Å²) in [6.45, 7) is 1.89. The van der Waals surface area contributed by atoms with E-state index in [1.165, 1.54) is 0 Å². The SMILES string of the molecule is Cc1cc(Oc2ncccn2)ccc1NC(=O)C(Oc1ccccc1)c1ccccc1. The van der Waals surface area contributed by atoms with E-state index in [1.54, 1.807) is 30.6 Å². The van der Waals surface area contributed by atoms with Crippen molar-refractivity contribution in [1.29, 1.82) is 0 Å². The molecule has 4 rings (SSSR count). The van der Waals surface area contributed by atoms with Gasteiger partial charge in [0.2, 0.25) is 6.10 Å². The van der Waals surface area contributed by atoms with Crippen molar-refractivity contribution in [3.8, 4) is 17.5 Å². The number of anilines is 1. The van der Waals surface area contributed by atoms with E-state index in [0.29, 0.717) is 17.2 Å². The number of nitrogens with zero attached hydrogens (tertiary/aromatic N) is 2. The van der Waals surface area contributed by atoms with Crippen molar-refractivity contribution < 1.29 is 14.3 Å². The molecule has 1 amide bonds. The molecule has 0 aliphatic rings. The summed E-state index contributed by atoms with van der Waals surface area (Å²) in [5.41, 5.74) is 2.28. The lowest BCUT2D eigenvalue weighted by Gasteiger charge is -2.20. The number of carbonyl (C=O) groups excluding carboxylic acids is 1. The zero-order chi connectivity index (χ0) is 21.5. The Morgan fingerprint density at radius 2 is 1.52 bits per heavy atom. The van der Waals surface area contributed by atoms with E-state index in [-0.39, 0.29) is 11.9 Å². The Hall–Kier alpha value is -4.19. The van der Waals surface area contributed by atoms with E-state index in [0.717, 1.165) is 11.1 Å². The summed E-state index contributed by atoms with van der Waals surface area (Å²) < 4.78 is 11.7.